The minimum Gasteiger partial charge on any atom is -0.389 e. The number of nitrogens with two attached hydrogens (primary N) is 1. The number of hydrogen-bond donors (Lipinski definition) is 1. The summed E-state index contributed by atoms with van der Waals surface area (Å²) in [6, 6.07) is 4.95. The molecule has 19 heavy (non-hydrogen) atoms. The zero-order valence-corrected chi connectivity index (χ0v) is 12.0. The van der Waals surface area contributed by atoms with E-state index in [4.69, 9.17) is 22.7 Å². The molecule has 0 spiro atoms. The van der Waals surface area contributed by atoms with Crippen LogP contribution in [0, 0.1) is 5.82 Å². The minimum absolute atomic E-state index is 0.100. The van der Waals surface area contributed by atoms with Crippen molar-refractivity contribution in [3.8, 4) is 0 Å². The van der Waals surface area contributed by atoms with Crippen LogP contribution in [-0.4, -0.2) is 35.2 Å². The first-order valence-corrected chi connectivity index (χ1v) is 6.82. The molecule has 0 aliphatic carbocycles. The number of hydrogen-bond acceptors (Lipinski definition) is 3. The Morgan fingerprint density at radius 3 is 2.63 bits per heavy atom. The van der Waals surface area contributed by atoms with Crippen molar-refractivity contribution in [2.45, 2.75) is 32.6 Å². The average Bonchev–Trinajstić information content (AvgIpc) is 2.30. The van der Waals surface area contributed by atoms with E-state index < -0.39 is 0 Å². The lowest BCUT2D eigenvalue weighted by atomic mass is 10.1. The fraction of sp³-hybridized carbons (Fsp3) is 0.500. The van der Waals surface area contributed by atoms with Gasteiger partial charge in [-0.1, -0.05) is 18.3 Å². The van der Waals surface area contributed by atoms with Gasteiger partial charge >= 0.3 is 0 Å². The Morgan fingerprint density at radius 1 is 1.42 bits per heavy atom. The summed E-state index contributed by atoms with van der Waals surface area (Å²) >= 11 is 4.86. The second kappa shape index (κ2) is 5.94. The van der Waals surface area contributed by atoms with Crippen LogP contribution >= 0.6 is 12.2 Å². The summed E-state index contributed by atoms with van der Waals surface area (Å²) < 4.78 is 19.2. The summed E-state index contributed by atoms with van der Waals surface area (Å²) in [5.41, 5.74) is 6.86. The number of rotatable bonds is 3. The van der Waals surface area contributed by atoms with E-state index in [9.17, 15) is 4.39 Å². The van der Waals surface area contributed by atoms with Crippen LogP contribution in [0.5, 0.6) is 0 Å². The van der Waals surface area contributed by atoms with Crippen LogP contribution in [-0.2, 0) is 11.3 Å². The molecule has 1 aliphatic heterocycles. The lowest BCUT2D eigenvalue weighted by molar-refractivity contribution is -0.0704. The number of nitrogens with zero attached hydrogens (tertiary/aromatic N) is 1. The number of ether oxygens (including phenoxy) is 1. The van der Waals surface area contributed by atoms with Gasteiger partial charge in [0.15, 0.2) is 0 Å². The van der Waals surface area contributed by atoms with Gasteiger partial charge in [-0.3, -0.25) is 4.90 Å². The molecule has 0 amide bonds. The fourth-order valence-electron chi connectivity index (χ4n) is 2.53. The van der Waals surface area contributed by atoms with Crippen LogP contribution in [0.3, 0.4) is 0 Å². The lowest BCUT2D eigenvalue weighted by Gasteiger charge is -2.35. The van der Waals surface area contributed by atoms with Gasteiger partial charge in [-0.25, -0.2) is 4.39 Å². The second-order valence-electron chi connectivity index (χ2n) is 5.13. The molecule has 2 rings (SSSR count). The normalized spacial score (nSPS) is 24.4. The summed E-state index contributed by atoms with van der Waals surface area (Å²) in [6.45, 7) is 6.64. The van der Waals surface area contributed by atoms with Crippen molar-refractivity contribution < 1.29 is 9.13 Å². The van der Waals surface area contributed by atoms with Gasteiger partial charge in [0, 0.05) is 25.2 Å². The summed E-state index contributed by atoms with van der Waals surface area (Å²) in [7, 11) is 0. The van der Waals surface area contributed by atoms with Gasteiger partial charge in [0.25, 0.3) is 0 Å². The van der Waals surface area contributed by atoms with Gasteiger partial charge < -0.3 is 10.5 Å². The van der Waals surface area contributed by atoms with Crippen molar-refractivity contribution in [1.82, 2.24) is 4.90 Å². The highest BCUT2D eigenvalue weighted by atomic mass is 32.1. The molecule has 2 N–H and O–H groups in total. The molecule has 2 atom stereocenters. The maximum absolute atomic E-state index is 13.5. The Bertz CT molecular complexity index is 471. The molecular weight excluding hydrogens is 263 g/mol. The molecular formula is C14H19FN2OS. The van der Waals surface area contributed by atoms with Crippen molar-refractivity contribution in [1.29, 1.82) is 0 Å². The first-order valence-electron chi connectivity index (χ1n) is 6.41. The topological polar surface area (TPSA) is 38.5 Å². The van der Waals surface area contributed by atoms with Gasteiger partial charge in [0.1, 0.15) is 10.8 Å². The largest absolute Gasteiger partial charge is 0.389 e. The Kier molecular flexibility index (Phi) is 4.50. The molecule has 0 bridgehead atoms. The highest BCUT2D eigenvalue weighted by Gasteiger charge is 2.22. The number of thiocarbonyl (C=S) groups is 1. The van der Waals surface area contributed by atoms with E-state index in [2.05, 4.69) is 18.7 Å². The predicted octanol–water partition coefficient (Wildman–Crippen LogP) is 2.07. The Labute approximate surface area is 118 Å². The van der Waals surface area contributed by atoms with Crippen LogP contribution in [0.15, 0.2) is 18.2 Å². The van der Waals surface area contributed by atoms with E-state index in [-0.39, 0.29) is 23.0 Å². The zero-order chi connectivity index (χ0) is 14.0. The lowest BCUT2D eigenvalue weighted by Crippen LogP contribution is -2.44. The molecule has 1 aliphatic rings. The molecule has 0 radical (unpaired) electrons. The summed E-state index contributed by atoms with van der Waals surface area (Å²) in [5.74, 6) is -0.361. The van der Waals surface area contributed by atoms with Gasteiger partial charge in [-0.05, 0) is 31.5 Å². The molecule has 1 aromatic carbocycles. The third kappa shape index (κ3) is 3.72. The predicted molar refractivity (Wildman–Crippen MR) is 77.6 cm³/mol. The van der Waals surface area contributed by atoms with Crippen molar-refractivity contribution in [2.24, 2.45) is 5.73 Å². The van der Waals surface area contributed by atoms with E-state index in [1.54, 1.807) is 12.1 Å². The van der Waals surface area contributed by atoms with E-state index in [1.165, 1.54) is 6.07 Å². The first-order chi connectivity index (χ1) is 8.95. The summed E-state index contributed by atoms with van der Waals surface area (Å²) in [4.78, 5) is 2.40. The fourth-order valence-corrected chi connectivity index (χ4v) is 2.69. The number of benzene rings is 1. The van der Waals surface area contributed by atoms with Crippen LogP contribution in [0.2, 0.25) is 0 Å². The van der Waals surface area contributed by atoms with Gasteiger partial charge in [-0.2, -0.15) is 0 Å². The van der Waals surface area contributed by atoms with E-state index in [1.807, 2.05) is 0 Å². The SMILES string of the molecule is C[C@@H]1CN(Cc2ccc(F)c(C(N)=S)c2)C[C@H](C)O1. The summed E-state index contributed by atoms with van der Waals surface area (Å²) in [5, 5.41) is 0. The van der Waals surface area contributed by atoms with Crippen LogP contribution in [0.4, 0.5) is 4.39 Å². The number of morpholine rings is 1. The maximum Gasteiger partial charge on any atom is 0.133 e. The minimum atomic E-state index is -0.361. The first kappa shape index (κ1) is 14.4. The number of halogens is 1. The molecule has 1 fully saturated rings. The van der Waals surface area contributed by atoms with E-state index in [0.29, 0.717) is 5.56 Å². The molecule has 0 unspecified atom stereocenters. The maximum atomic E-state index is 13.5. The highest BCUT2D eigenvalue weighted by molar-refractivity contribution is 7.80. The molecule has 3 nitrogen and oxygen atoms in total. The molecule has 104 valence electrons. The second-order valence-corrected chi connectivity index (χ2v) is 5.57. The molecule has 1 saturated heterocycles. The van der Waals surface area contributed by atoms with Gasteiger partial charge in [0.05, 0.1) is 12.2 Å². The average molecular weight is 282 g/mol. The molecule has 0 saturated carbocycles. The van der Waals surface area contributed by atoms with E-state index >= 15 is 0 Å². The standard InChI is InChI=1S/C14H19FN2OS/c1-9-6-17(7-10(2)18-9)8-11-3-4-13(15)12(5-11)14(16)19/h3-5,9-10H,6-8H2,1-2H3,(H2,16,19)/t9-,10+. The quantitative estimate of drug-likeness (QED) is 0.861. The Morgan fingerprint density at radius 2 is 2.05 bits per heavy atom. The van der Waals surface area contributed by atoms with Crippen LogP contribution in [0.25, 0.3) is 0 Å². The van der Waals surface area contributed by atoms with Crippen molar-refractivity contribution in [2.75, 3.05) is 13.1 Å². The third-order valence-corrected chi connectivity index (χ3v) is 3.42. The van der Waals surface area contributed by atoms with Crippen LogP contribution in [0.1, 0.15) is 25.0 Å². The van der Waals surface area contributed by atoms with Crippen molar-refractivity contribution in [3.05, 3.63) is 35.1 Å². The Balaban J connectivity index is 2.10. The van der Waals surface area contributed by atoms with Crippen molar-refractivity contribution >= 4 is 17.2 Å². The van der Waals surface area contributed by atoms with Crippen LogP contribution < -0.4 is 5.73 Å². The zero-order valence-electron chi connectivity index (χ0n) is 11.2. The van der Waals surface area contributed by atoms with Crippen molar-refractivity contribution in [3.63, 3.8) is 0 Å². The third-order valence-electron chi connectivity index (χ3n) is 3.20. The molecule has 0 aromatic heterocycles. The monoisotopic (exact) mass is 282 g/mol. The van der Waals surface area contributed by atoms with Gasteiger partial charge in [0.2, 0.25) is 0 Å². The molecule has 1 heterocycles. The highest BCUT2D eigenvalue weighted by Crippen LogP contribution is 2.16. The van der Waals surface area contributed by atoms with Gasteiger partial charge in [-0.15, -0.1) is 0 Å². The Hall–Kier alpha value is -1.04. The summed E-state index contributed by atoms with van der Waals surface area (Å²) in [6.07, 6.45) is 0.443. The molecule has 1 aromatic rings. The molecule has 5 heteroatoms. The van der Waals surface area contributed by atoms with E-state index in [0.717, 1.165) is 25.2 Å². The smallest absolute Gasteiger partial charge is 0.133 e.